The van der Waals surface area contributed by atoms with Crippen LogP contribution in [-0.4, -0.2) is 185 Å². The first-order valence-corrected chi connectivity index (χ1v) is 34.1. The summed E-state index contributed by atoms with van der Waals surface area (Å²) in [6.07, 6.45) is 14.9. The SMILES string of the molecule is COc1ccc2c(c1)C=C(C(=O)O)Cn1c-2c(C2CCCCC2)c2ccc(C(=O)NS(=O)(=O)N(C)CCN3CCNCC3)cc21.COc1ccc2c(c1)C=C1Cn3c-2c(C2CCCCC2)c2ccc(cc23)C(=O)NS(=O)(=O)N(C)CCN2CCN(CC2)C1=O. The quantitative estimate of drug-likeness (QED) is 0.0984. The van der Waals surface area contributed by atoms with E-state index in [1.165, 1.54) is 41.1 Å². The highest BCUT2D eigenvalue weighted by Gasteiger charge is 2.35. The number of aliphatic carboxylic acids is 1. The zero-order valence-electron chi connectivity index (χ0n) is 51.2. The van der Waals surface area contributed by atoms with Gasteiger partial charge in [0.05, 0.1) is 44.3 Å². The highest BCUT2D eigenvalue weighted by Crippen LogP contribution is 2.49. The van der Waals surface area contributed by atoms with E-state index in [4.69, 9.17) is 9.47 Å². The Hall–Kier alpha value is -7.38. The van der Waals surface area contributed by atoms with Crippen molar-refractivity contribution in [2.24, 2.45) is 0 Å². The number of aromatic nitrogens is 2. The van der Waals surface area contributed by atoms with Crippen LogP contribution in [0.25, 0.3) is 56.5 Å². The highest BCUT2D eigenvalue weighted by molar-refractivity contribution is 7.88. The van der Waals surface area contributed by atoms with Crippen LogP contribution < -0.4 is 24.2 Å². The number of amides is 3. The fourth-order valence-corrected chi connectivity index (χ4v) is 15.9. The molecule has 4 aromatic carbocycles. The molecule has 14 rings (SSSR count). The average molecular weight is 1250 g/mol. The molecule has 2 aliphatic carbocycles. The maximum absolute atomic E-state index is 14.2. The second kappa shape index (κ2) is 25.8. The van der Waals surface area contributed by atoms with Crippen molar-refractivity contribution in [1.29, 1.82) is 0 Å². The molecule has 0 radical (unpaired) electrons. The van der Waals surface area contributed by atoms with Gasteiger partial charge in [-0.05, 0) is 133 Å². The minimum Gasteiger partial charge on any atom is -0.497 e. The fraction of sp³-hybridized carbons (Fsp3) is 0.455. The molecular formula is C66H80N10O11S2. The number of carbonyl (C=O) groups is 4. The Balaban J connectivity index is 0.000000173. The normalized spacial score (nSPS) is 19.7. The van der Waals surface area contributed by atoms with E-state index in [1.807, 2.05) is 58.0 Å². The zero-order valence-corrected chi connectivity index (χ0v) is 52.8. The summed E-state index contributed by atoms with van der Waals surface area (Å²) in [6.45, 7) is 7.87. The minimum absolute atomic E-state index is 0.00486. The average Bonchev–Trinajstić information content (AvgIpc) is 1.61. The summed E-state index contributed by atoms with van der Waals surface area (Å²) in [6, 6.07) is 22.5. The number of carboxylic acid groups (broad SMARTS) is 1. The number of benzene rings is 4. The number of hydrogen-bond donors (Lipinski definition) is 4. The van der Waals surface area contributed by atoms with Gasteiger partial charge in [0, 0.05) is 142 Å². The number of nitrogens with zero attached hydrogens (tertiary/aromatic N) is 7. The van der Waals surface area contributed by atoms with Gasteiger partial charge in [-0.3, -0.25) is 24.2 Å². The van der Waals surface area contributed by atoms with E-state index in [0.29, 0.717) is 68.6 Å². The van der Waals surface area contributed by atoms with Crippen molar-refractivity contribution in [2.45, 2.75) is 89.1 Å². The van der Waals surface area contributed by atoms with Crippen molar-refractivity contribution in [2.75, 3.05) is 107 Å². The van der Waals surface area contributed by atoms with Crippen LogP contribution in [0.1, 0.15) is 119 Å². The van der Waals surface area contributed by atoms with Gasteiger partial charge >= 0.3 is 26.4 Å². The van der Waals surface area contributed by atoms with Gasteiger partial charge in [-0.1, -0.05) is 50.7 Å². The Labute approximate surface area is 520 Å². The Morgan fingerprint density at radius 1 is 0.697 bits per heavy atom. The summed E-state index contributed by atoms with van der Waals surface area (Å²) in [7, 11) is -1.93. The Morgan fingerprint density at radius 3 is 1.85 bits per heavy atom. The van der Waals surface area contributed by atoms with E-state index in [2.05, 4.69) is 35.2 Å². The van der Waals surface area contributed by atoms with Crippen molar-refractivity contribution >= 4 is 78.1 Å². The largest absolute Gasteiger partial charge is 0.497 e. The number of rotatable bonds is 11. The smallest absolute Gasteiger partial charge is 0.333 e. The van der Waals surface area contributed by atoms with Crippen LogP contribution in [0.4, 0.5) is 0 Å². The predicted molar refractivity (Wildman–Crippen MR) is 343 cm³/mol. The van der Waals surface area contributed by atoms with E-state index in [1.54, 1.807) is 44.6 Å². The molecule has 0 unspecified atom stereocenters. The molecule has 6 aliphatic heterocycles. The topological polar surface area (TPSA) is 237 Å². The van der Waals surface area contributed by atoms with Crippen molar-refractivity contribution in [1.82, 2.24) is 47.2 Å². The van der Waals surface area contributed by atoms with E-state index in [0.717, 1.165) is 139 Å². The third-order valence-corrected chi connectivity index (χ3v) is 22.1. The molecule has 89 heavy (non-hydrogen) atoms. The van der Waals surface area contributed by atoms with E-state index >= 15 is 0 Å². The van der Waals surface area contributed by atoms with E-state index in [9.17, 15) is 41.1 Å². The third-order valence-electron chi connectivity index (χ3n) is 19.2. The van der Waals surface area contributed by atoms with Crippen LogP contribution in [0.2, 0.25) is 0 Å². The summed E-state index contributed by atoms with van der Waals surface area (Å²) < 4.78 is 74.6. The maximum atomic E-state index is 14.2. The molecule has 2 aromatic heterocycles. The number of likely N-dealkylation sites (N-methyl/N-ethyl adjacent to an activating group) is 2. The molecule has 8 aliphatic rings. The summed E-state index contributed by atoms with van der Waals surface area (Å²) in [5.74, 6) is -0.436. The number of carboxylic acids is 1. The molecule has 0 spiro atoms. The summed E-state index contributed by atoms with van der Waals surface area (Å²) in [5.41, 5.74) is 10.9. The molecule has 23 heteroatoms. The monoisotopic (exact) mass is 1250 g/mol. The van der Waals surface area contributed by atoms with Crippen LogP contribution in [0.5, 0.6) is 11.5 Å². The first-order valence-electron chi connectivity index (χ1n) is 31.2. The number of ether oxygens (including phenoxy) is 2. The molecule has 2 saturated carbocycles. The Bertz CT molecular complexity index is 4050. The molecule has 0 atom stereocenters. The number of carbonyl (C=O) groups excluding carboxylic acids is 3. The molecule has 3 amide bonds. The molecule has 4 N–H and O–H groups in total. The number of nitrogens with one attached hydrogen (secondary N) is 3. The van der Waals surface area contributed by atoms with Crippen molar-refractivity contribution in [3.8, 4) is 34.0 Å². The van der Waals surface area contributed by atoms with Gasteiger partial charge in [-0.25, -0.2) is 14.2 Å². The predicted octanol–water partition coefficient (Wildman–Crippen LogP) is 7.48. The van der Waals surface area contributed by atoms with Crippen molar-refractivity contribution < 1.29 is 50.6 Å². The van der Waals surface area contributed by atoms with Gasteiger partial charge in [0.2, 0.25) is 0 Å². The van der Waals surface area contributed by atoms with Gasteiger partial charge in [0.25, 0.3) is 17.7 Å². The molecule has 6 aromatic rings. The molecule has 8 heterocycles. The van der Waals surface area contributed by atoms with Gasteiger partial charge in [0.15, 0.2) is 0 Å². The van der Waals surface area contributed by atoms with Crippen LogP contribution in [0.15, 0.2) is 83.9 Å². The summed E-state index contributed by atoms with van der Waals surface area (Å²) in [5, 5.41) is 15.4. The number of piperazine rings is 2. The number of fused-ring (bicyclic) bond motifs is 14. The highest BCUT2D eigenvalue weighted by atomic mass is 32.2. The molecule has 4 fully saturated rings. The molecule has 472 valence electrons. The second-order valence-electron chi connectivity index (χ2n) is 24.6. The molecule has 21 nitrogen and oxygen atoms in total. The van der Waals surface area contributed by atoms with Crippen LogP contribution in [-0.2, 0) is 43.1 Å². The third kappa shape index (κ3) is 12.6. The zero-order chi connectivity index (χ0) is 62.3. The van der Waals surface area contributed by atoms with Gasteiger partial charge in [-0.2, -0.15) is 25.4 Å². The maximum Gasteiger partial charge on any atom is 0.333 e. The first-order chi connectivity index (χ1) is 42.9. The second-order valence-corrected chi connectivity index (χ2v) is 28.2. The lowest BCUT2D eigenvalue weighted by atomic mass is 9.81. The fourth-order valence-electron chi connectivity index (χ4n) is 14.3. The summed E-state index contributed by atoms with van der Waals surface area (Å²) >= 11 is 0. The van der Waals surface area contributed by atoms with Gasteiger partial charge in [0.1, 0.15) is 11.5 Å². The Kier molecular flexibility index (Phi) is 18.0. The lowest BCUT2D eigenvalue weighted by Crippen LogP contribution is -2.51. The summed E-state index contributed by atoms with van der Waals surface area (Å²) in [4.78, 5) is 59.8. The minimum atomic E-state index is -4.08. The van der Waals surface area contributed by atoms with E-state index < -0.39 is 38.2 Å². The standard InChI is InChI=1S/C33H41N5O6S.C33H39N5O5S/c1-36(16-17-37-14-12-34-13-15-37)45(42,43)35-32(39)23-8-10-28-29(20-23)38-21-25(33(40)41)18-24-19-26(44-2)9-11-27(24)31(38)30(28)22-6-4-3-5-7-22;1-35-12-13-36-14-16-37(17-15-36)33(40)25-18-24-19-26(43-2)9-11-27(24)31-30(22-6-4-3-5-7-22)28-10-8-23(20-29(28)38(31)21-25)32(39)34-44(35,41)42/h8-11,18-20,22,34H,3-7,12-17,21H2,1-2H3,(H,35,39)(H,40,41);8-11,18-20,22H,3-7,12-17,21H2,1-2H3,(H,34,39). The Morgan fingerprint density at radius 2 is 1.26 bits per heavy atom. The number of hydrogen-bond acceptors (Lipinski definition) is 13. The van der Waals surface area contributed by atoms with Crippen LogP contribution in [0, 0.1) is 0 Å². The van der Waals surface area contributed by atoms with Gasteiger partial charge < -0.3 is 33.9 Å². The molecular weight excluding hydrogens is 1170 g/mol. The first kappa shape index (κ1) is 61.8. The van der Waals surface area contributed by atoms with Crippen molar-refractivity contribution in [3.63, 3.8) is 0 Å². The lowest BCUT2D eigenvalue weighted by molar-refractivity contribution is -0.133. The molecule has 6 bridgehead atoms. The molecule has 2 saturated heterocycles. The lowest BCUT2D eigenvalue weighted by Gasteiger charge is -2.35. The van der Waals surface area contributed by atoms with Crippen LogP contribution in [0.3, 0.4) is 0 Å². The van der Waals surface area contributed by atoms with E-state index in [-0.39, 0.29) is 48.2 Å². The van der Waals surface area contributed by atoms with Gasteiger partial charge in [-0.15, -0.1) is 0 Å². The van der Waals surface area contributed by atoms with Crippen LogP contribution >= 0.6 is 0 Å². The number of methoxy groups -OCH3 is 2. The van der Waals surface area contributed by atoms with Crippen molar-refractivity contribution in [3.05, 3.63) is 117 Å².